The molecule has 2 aliphatic rings. The van der Waals surface area contributed by atoms with Crippen LogP contribution in [0.15, 0.2) is 24.3 Å². The molecule has 0 aromatic heterocycles. The molecular formula is C18H24N2O2. The average molecular weight is 300 g/mol. The van der Waals surface area contributed by atoms with Crippen molar-refractivity contribution in [2.45, 2.75) is 39.5 Å². The second-order valence-corrected chi connectivity index (χ2v) is 6.86. The fraction of sp³-hybridized carbons (Fsp3) is 0.556. The Labute approximate surface area is 131 Å². The fourth-order valence-electron chi connectivity index (χ4n) is 3.11. The smallest absolute Gasteiger partial charge is 0.242 e. The van der Waals surface area contributed by atoms with Crippen molar-refractivity contribution in [2.24, 2.45) is 11.3 Å². The minimum absolute atomic E-state index is 0.0144. The Balaban J connectivity index is 1.69. The van der Waals surface area contributed by atoms with E-state index in [1.54, 1.807) is 0 Å². The lowest BCUT2D eigenvalue weighted by molar-refractivity contribution is -0.135. The summed E-state index contributed by atoms with van der Waals surface area (Å²) in [6.07, 6.45) is 3.19. The van der Waals surface area contributed by atoms with E-state index in [1.807, 2.05) is 23.1 Å². The number of carbonyl (C=O) groups is 2. The maximum atomic E-state index is 12.9. The SMILES string of the molecule is CC(C)CCNC(=O)C1(C(=O)N2CCc3ccccc32)CC1. The Morgan fingerprint density at radius 2 is 2.00 bits per heavy atom. The van der Waals surface area contributed by atoms with E-state index in [9.17, 15) is 9.59 Å². The van der Waals surface area contributed by atoms with Gasteiger partial charge in [0.05, 0.1) is 0 Å². The van der Waals surface area contributed by atoms with Crippen molar-refractivity contribution >= 4 is 17.5 Å². The van der Waals surface area contributed by atoms with E-state index in [0.29, 0.717) is 31.8 Å². The molecule has 1 aliphatic heterocycles. The van der Waals surface area contributed by atoms with Gasteiger partial charge in [-0.1, -0.05) is 32.0 Å². The van der Waals surface area contributed by atoms with Gasteiger partial charge in [0.1, 0.15) is 5.41 Å². The monoisotopic (exact) mass is 300 g/mol. The number of rotatable bonds is 5. The van der Waals surface area contributed by atoms with E-state index in [4.69, 9.17) is 0 Å². The van der Waals surface area contributed by atoms with Crippen LogP contribution < -0.4 is 10.2 Å². The molecule has 0 saturated heterocycles. The molecule has 22 heavy (non-hydrogen) atoms. The maximum Gasteiger partial charge on any atom is 0.242 e. The summed E-state index contributed by atoms with van der Waals surface area (Å²) in [7, 11) is 0. The molecule has 0 bridgehead atoms. The van der Waals surface area contributed by atoms with Crippen LogP contribution in [0.1, 0.15) is 38.7 Å². The highest BCUT2D eigenvalue weighted by molar-refractivity contribution is 6.14. The Hall–Kier alpha value is -1.84. The number of hydrogen-bond donors (Lipinski definition) is 1. The van der Waals surface area contributed by atoms with Gasteiger partial charge in [0.25, 0.3) is 0 Å². The van der Waals surface area contributed by atoms with Gasteiger partial charge in [-0.25, -0.2) is 0 Å². The Morgan fingerprint density at radius 3 is 2.68 bits per heavy atom. The first-order valence-electron chi connectivity index (χ1n) is 8.23. The number of fused-ring (bicyclic) bond motifs is 1. The van der Waals surface area contributed by atoms with E-state index < -0.39 is 5.41 Å². The summed E-state index contributed by atoms with van der Waals surface area (Å²) >= 11 is 0. The molecule has 1 aromatic rings. The summed E-state index contributed by atoms with van der Waals surface area (Å²) in [6.45, 7) is 5.61. The molecule has 4 nitrogen and oxygen atoms in total. The molecule has 0 radical (unpaired) electrons. The number of nitrogens with zero attached hydrogens (tertiary/aromatic N) is 1. The molecule has 0 unspecified atom stereocenters. The number of nitrogens with one attached hydrogen (secondary N) is 1. The summed E-state index contributed by atoms with van der Waals surface area (Å²) in [5.74, 6) is 0.457. The first-order valence-corrected chi connectivity index (χ1v) is 8.23. The Morgan fingerprint density at radius 1 is 1.27 bits per heavy atom. The molecule has 1 fully saturated rings. The second-order valence-electron chi connectivity index (χ2n) is 6.86. The van der Waals surface area contributed by atoms with Crippen LogP contribution in [0.3, 0.4) is 0 Å². The van der Waals surface area contributed by atoms with Crippen LogP contribution in [0.25, 0.3) is 0 Å². The highest BCUT2D eigenvalue weighted by atomic mass is 16.2. The molecule has 1 N–H and O–H groups in total. The van der Waals surface area contributed by atoms with Crippen molar-refractivity contribution in [1.82, 2.24) is 5.32 Å². The molecule has 2 amide bonds. The van der Waals surface area contributed by atoms with Crippen LogP contribution in [0, 0.1) is 11.3 Å². The third-order valence-corrected chi connectivity index (χ3v) is 4.73. The first-order chi connectivity index (χ1) is 10.5. The number of anilines is 1. The molecule has 3 rings (SSSR count). The van der Waals surface area contributed by atoms with Gasteiger partial charge < -0.3 is 10.2 Å². The predicted octanol–water partition coefficient (Wildman–Crippen LogP) is 2.52. The fourth-order valence-corrected chi connectivity index (χ4v) is 3.11. The standard InChI is InChI=1S/C18H24N2O2/c1-13(2)7-11-19-16(21)18(9-10-18)17(22)20-12-8-14-5-3-4-6-15(14)20/h3-6,13H,7-12H2,1-2H3,(H,19,21). The minimum Gasteiger partial charge on any atom is -0.355 e. The highest BCUT2D eigenvalue weighted by Crippen LogP contribution is 2.49. The van der Waals surface area contributed by atoms with E-state index in [0.717, 1.165) is 18.5 Å². The quantitative estimate of drug-likeness (QED) is 0.850. The Bertz CT molecular complexity index is 591. The lowest BCUT2D eigenvalue weighted by Gasteiger charge is -2.23. The molecule has 4 heteroatoms. The number of amides is 2. The lowest BCUT2D eigenvalue weighted by Crippen LogP contribution is -2.45. The van der Waals surface area contributed by atoms with Gasteiger partial charge in [-0.15, -0.1) is 0 Å². The van der Waals surface area contributed by atoms with Gasteiger partial charge in [0.2, 0.25) is 11.8 Å². The third kappa shape index (κ3) is 2.62. The molecule has 1 aliphatic carbocycles. The van der Waals surface area contributed by atoms with Gasteiger partial charge in [-0.2, -0.15) is 0 Å². The summed E-state index contributed by atoms with van der Waals surface area (Å²) in [5.41, 5.74) is 1.38. The topological polar surface area (TPSA) is 49.4 Å². The van der Waals surface area contributed by atoms with Crippen LogP contribution in [0.4, 0.5) is 5.69 Å². The summed E-state index contributed by atoms with van der Waals surface area (Å²) in [5, 5.41) is 2.96. The van der Waals surface area contributed by atoms with Crippen molar-refractivity contribution in [3.8, 4) is 0 Å². The average Bonchev–Trinajstić information content (AvgIpc) is 3.20. The summed E-state index contributed by atoms with van der Waals surface area (Å²) < 4.78 is 0. The van der Waals surface area contributed by atoms with Crippen LogP contribution in [0.5, 0.6) is 0 Å². The zero-order valence-corrected chi connectivity index (χ0v) is 13.4. The molecule has 1 saturated carbocycles. The largest absolute Gasteiger partial charge is 0.355 e. The van der Waals surface area contributed by atoms with Gasteiger partial charge in [-0.3, -0.25) is 9.59 Å². The van der Waals surface area contributed by atoms with Crippen molar-refractivity contribution in [3.63, 3.8) is 0 Å². The predicted molar refractivity (Wildman–Crippen MR) is 86.6 cm³/mol. The first kappa shape index (κ1) is 15.1. The van der Waals surface area contributed by atoms with Crippen molar-refractivity contribution in [3.05, 3.63) is 29.8 Å². The van der Waals surface area contributed by atoms with Gasteiger partial charge >= 0.3 is 0 Å². The van der Waals surface area contributed by atoms with Gasteiger partial charge in [-0.05, 0) is 43.2 Å². The van der Waals surface area contributed by atoms with E-state index in [1.165, 1.54) is 5.56 Å². The number of carbonyl (C=O) groups excluding carboxylic acids is 2. The van der Waals surface area contributed by atoms with Crippen molar-refractivity contribution in [1.29, 1.82) is 0 Å². The maximum absolute atomic E-state index is 12.9. The zero-order valence-electron chi connectivity index (χ0n) is 13.4. The molecule has 118 valence electrons. The number of hydrogen-bond acceptors (Lipinski definition) is 2. The van der Waals surface area contributed by atoms with Crippen LogP contribution >= 0.6 is 0 Å². The molecule has 0 spiro atoms. The van der Waals surface area contributed by atoms with Crippen molar-refractivity contribution in [2.75, 3.05) is 18.0 Å². The molecule has 0 atom stereocenters. The summed E-state index contributed by atoms with van der Waals surface area (Å²) in [6, 6.07) is 7.99. The van der Waals surface area contributed by atoms with E-state index in [2.05, 4.69) is 25.2 Å². The minimum atomic E-state index is -0.797. The molecule has 1 aromatic carbocycles. The van der Waals surface area contributed by atoms with E-state index >= 15 is 0 Å². The van der Waals surface area contributed by atoms with Gasteiger partial charge in [0.15, 0.2) is 0 Å². The normalized spacial score (nSPS) is 18.2. The van der Waals surface area contributed by atoms with E-state index in [-0.39, 0.29) is 11.8 Å². The Kier molecular flexibility index (Phi) is 3.94. The van der Waals surface area contributed by atoms with Crippen LogP contribution in [-0.2, 0) is 16.0 Å². The number of para-hydroxylation sites is 1. The lowest BCUT2D eigenvalue weighted by atomic mass is 10.0. The van der Waals surface area contributed by atoms with Crippen LogP contribution in [-0.4, -0.2) is 24.9 Å². The summed E-state index contributed by atoms with van der Waals surface area (Å²) in [4.78, 5) is 27.2. The van der Waals surface area contributed by atoms with Gasteiger partial charge in [0, 0.05) is 18.8 Å². The molecule has 1 heterocycles. The highest BCUT2D eigenvalue weighted by Gasteiger charge is 2.58. The number of benzene rings is 1. The second kappa shape index (κ2) is 5.75. The van der Waals surface area contributed by atoms with Crippen LogP contribution in [0.2, 0.25) is 0 Å². The third-order valence-electron chi connectivity index (χ3n) is 4.73. The molecular weight excluding hydrogens is 276 g/mol. The van der Waals surface area contributed by atoms with Crippen molar-refractivity contribution < 1.29 is 9.59 Å². The zero-order chi connectivity index (χ0) is 15.7.